The minimum absolute atomic E-state index is 0.175. The number of H-pyrrole nitrogens is 1. The number of rotatable bonds is 6. The first kappa shape index (κ1) is 16.7. The number of sulfone groups is 1. The number of hydrogen-bond acceptors (Lipinski definition) is 7. The van der Waals surface area contributed by atoms with E-state index in [0.29, 0.717) is 29.0 Å². The van der Waals surface area contributed by atoms with Gasteiger partial charge in [0.1, 0.15) is 23.2 Å². The molecular weight excluding hydrogens is 356 g/mol. The van der Waals surface area contributed by atoms with Crippen molar-refractivity contribution in [2.75, 3.05) is 7.11 Å². The molecule has 0 saturated heterocycles. The molecule has 0 spiro atoms. The van der Waals surface area contributed by atoms with Crippen molar-refractivity contribution in [2.24, 2.45) is 0 Å². The Morgan fingerprint density at radius 2 is 1.96 bits per heavy atom. The first-order valence-electron chi connectivity index (χ1n) is 8.18. The summed E-state index contributed by atoms with van der Waals surface area (Å²) in [5.74, 6) is 1.92. The number of nitrogens with one attached hydrogen (secondary N) is 1. The molecule has 10 heteroatoms. The lowest BCUT2D eigenvalue weighted by Gasteiger charge is -2.06. The molecule has 26 heavy (non-hydrogen) atoms. The first-order valence-corrected chi connectivity index (χ1v) is 9.83. The van der Waals surface area contributed by atoms with Gasteiger partial charge in [0, 0.05) is 11.6 Å². The van der Waals surface area contributed by atoms with Crippen LogP contribution in [0.2, 0.25) is 0 Å². The van der Waals surface area contributed by atoms with Crippen LogP contribution >= 0.6 is 0 Å². The molecule has 0 atom stereocenters. The first-order chi connectivity index (χ1) is 12.5. The highest BCUT2D eigenvalue weighted by atomic mass is 32.2. The SMILES string of the molecule is COc1ccc(-c2n[nH]c(S(=O)(=O)Cc3nnc(C)n3C3CC3)n2)cc1. The summed E-state index contributed by atoms with van der Waals surface area (Å²) < 4.78 is 32.4. The van der Waals surface area contributed by atoms with Gasteiger partial charge in [-0.3, -0.25) is 0 Å². The maximum atomic E-state index is 12.7. The van der Waals surface area contributed by atoms with Crippen molar-refractivity contribution in [2.45, 2.75) is 36.7 Å². The van der Waals surface area contributed by atoms with Crippen LogP contribution in [0.25, 0.3) is 11.4 Å². The minimum atomic E-state index is -3.71. The van der Waals surface area contributed by atoms with Crippen molar-refractivity contribution in [3.63, 3.8) is 0 Å². The Kier molecular flexibility index (Phi) is 3.98. The molecule has 0 bridgehead atoms. The molecular formula is C16H18N6O3S. The van der Waals surface area contributed by atoms with E-state index in [4.69, 9.17) is 4.74 Å². The number of benzene rings is 1. The van der Waals surface area contributed by atoms with Gasteiger partial charge in [-0.05, 0) is 44.0 Å². The fourth-order valence-electron chi connectivity index (χ4n) is 2.81. The second-order valence-corrected chi connectivity index (χ2v) is 8.12. The number of methoxy groups -OCH3 is 1. The van der Waals surface area contributed by atoms with E-state index in [1.54, 1.807) is 31.4 Å². The monoisotopic (exact) mass is 374 g/mol. The largest absolute Gasteiger partial charge is 0.497 e. The Morgan fingerprint density at radius 3 is 2.62 bits per heavy atom. The Balaban J connectivity index is 1.59. The molecule has 2 heterocycles. The predicted molar refractivity (Wildman–Crippen MR) is 92.3 cm³/mol. The summed E-state index contributed by atoms with van der Waals surface area (Å²) in [4.78, 5) is 4.15. The second-order valence-electron chi connectivity index (χ2n) is 6.22. The van der Waals surface area contributed by atoms with Crippen LogP contribution < -0.4 is 4.74 Å². The lowest BCUT2D eigenvalue weighted by atomic mass is 10.2. The zero-order valence-corrected chi connectivity index (χ0v) is 15.2. The summed E-state index contributed by atoms with van der Waals surface area (Å²) >= 11 is 0. The molecule has 2 aromatic heterocycles. The summed E-state index contributed by atoms with van der Waals surface area (Å²) in [6.07, 6.45) is 2.05. The molecule has 4 rings (SSSR count). The van der Waals surface area contributed by atoms with Gasteiger partial charge in [-0.15, -0.1) is 10.2 Å². The summed E-state index contributed by atoms with van der Waals surface area (Å²) in [6.45, 7) is 1.83. The van der Waals surface area contributed by atoms with Crippen molar-refractivity contribution in [3.05, 3.63) is 35.9 Å². The van der Waals surface area contributed by atoms with E-state index >= 15 is 0 Å². The van der Waals surface area contributed by atoms with Crippen molar-refractivity contribution < 1.29 is 13.2 Å². The number of hydrogen-bond donors (Lipinski definition) is 1. The third-order valence-electron chi connectivity index (χ3n) is 4.28. The molecule has 0 amide bonds. The van der Waals surface area contributed by atoms with Crippen LogP contribution in [0.15, 0.2) is 29.4 Å². The highest BCUT2D eigenvalue weighted by Crippen LogP contribution is 2.37. The standard InChI is InChI=1S/C16H18N6O3S/c1-10-18-19-14(22(10)12-5-6-12)9-26(23,24)16-17-15(20-21-16)11-3-7-13(25-2)8-4-11/h3-4,7-8,12H,5-6,9H2,1-2H3,(H,17,20,21). The number of aromatic nitrogens is 6. The van der Waals surface area contributed by atoms with Gasteiger partial charge < -0.3 is 9.30 Å². The average Bonchev–Trinajstić information content (AvgIpc) is 3.20. The van der Waals surface area contributed by atoms with E-state index < -0.39 is 9.84 Å². The fourth-order valence-corrected chi connectivity index (χ4v) is 3.90. The van der Waals surface area contributed by atoms with E-state index in [0.717, 1.165) is 18.7 Å². The predicted octanol–water partition coefficient (Wildman–Crippen LogP) is 1.69. The molecule has 0 radical (unpaired) electrons. The highest BCUT2D eigenvalue weighted by Gasteiger charge is 2.31. The number of aromatic amines is 1. The lowest BCUT2D eigenvalue weighted by Crippen LogP contribution is -2.12. The molecule has 1 saturated carbocycles. The zero-order chi connectivity index (χ0) is 18.3. The molecule has 1 aliphatic rings. The summed E-state index contributed by atoms with van der Waals surface area (Å²) in [7, 11) is -2.13. The number of aryl methyl sites for hydroxylation is 1. The zero-order valence-electron chi connectivity index (χ0n) is 14.4. The third-order valence-corrected chi connectivity index (χ3v) is 5.69. The van der Waals surface area contributed by atoms with Gasteiger partial charge in [0.25, 0.3) is 0 Å². The van der Waals surface area contributed by atoms with Crippen LogP contribution in [-0.4, -0.2) is 45.5 Å². The maximum absolute atomic E-state index is 12.7. The fraction of sp³-hybridized carbons (Fsp3) is 0.375. The summed E-state index contributed by atoms with van der Waals surface area (Å²) in [6, 6.07) is 7.37. The summed E-state index contributed by atoms with van der Waals surface area (Å²) in [5, 5.41) is 14.4. The number of ether oxygens (including phenoxy) is 1. The van der Waals surface area contributed by atoms with Crippen LogP contribution in [0, 0.1) is 6.92 Å². The van der Waals surface area contributed by atoms with Crippen molar-refractivity contribution in [3.8, 4) is 17.1 Å². The van der Waals surface area contributed by atoms with E-state index in [1.807, 2.05) is 11.5 Å². The molecule has 1 aliphatic carbocycles. The molecule has 136 valence electrons. The molecule has 1 fully saturated rings. The van der Waals surface area contributed by atoms with Gasteiger partial charge in [0.05, 0.1) is 7.11 Å². The topological polar surface area (TPSA) is 116 Å². The quantitative estimate of drug-likeness (QED) is 0.698. The molecule has 3 aromatic rings. The van der Waals surface area contributed by atoms with Crippen LogP contribution in [0.4, 0.5) is 0 Å². The van der Waals surface area contributed by atoms with Crippen molar-refractivity contribution >= 4 is 9.84 Å². The molecule has 1 N–H and O–H groups in total. The van der Waals surface area contributed by atoms with Crippen LogP contribution in [-0.2, 0) is 15.6 Å². The molecule has 0 unspecified atom stereocenters. The maximum Gasteiger partial charge on any atom is 0.244 e. The molecule has 0 aliphatic heterocycles. The summed E-state index contributed by atoms with van der Waals surface area (Å²) in [5.41, 5.74) is 0.695. The van der Waals surface area contributed by atoms with Crippen molar-refractivity contribution in [1.29, 1.82) is 0 Å². The highest BCUT2D eigenvalue weighted by molar-refractivity contribution is 7.90. The van der Waals surface area contributed by atoms with Gasteiger partial charge in [0.15, 0.2) is 5.82 Å². The third kappa shape index (κ3) is 3.07. The Bertz CT molecular complexity index is 1030. The molecule has 9 nitrogen and oxygen atoms in total. The Labute approximate surface area is 150 Å². The van der Waals surface area contributed by atoms with Crippen molar-refractivity contribution in [1.82, 2.24) is 29.9 Å². The van der Waals surface area contributed by atoms with Gasteiger partial charge in [-0.1, -0.05) is 0 Å². The van der Waals surface area contributed by atoms with E-state index in [-0.39, 0.29) is 10.9 Å². The minimum Gasteiger partial charge on any atom is -0.497 e. The van der Waals surface area contributed by atoms with Gasteiger partial charge in [-0.25, -0.2) is 13.5 Å². The lowest BCUT2D eigenvalue weighted by molar-refractivity contribution is 0.415. The number of nitrogens with zero attached hydrogens (tertiary/aromatic N) is 5. The van der Waals surface area contributed by atoms with Crippen LogP contribution in [0.3, 0.4) is 0 Å². The van der Waals surface area contributed by atoms with E-state index in [1.165, 1.54) is 0 Å². The van der Waals surface area contributed by atoms with Gasteiger partial charge in [-0.2, -0.15) is 10.1 Å². The Morgan fingerprint density at radius 1 is 1.23 bits per heavy atom. The average molecular weight is 374 g/mol. The van der Waals surface area contributed by atoms with Gasteiger partial charge in [0.2, 0.25) is 15.0 Å². The van der Waals surface area contributed by atoms with E-state index in [2.05, 4.69) is 25.4 Å². The normalized spacial score (nSPS) is 14.5. The van der Waals surface area contributed by atoms with Crippen LogP contribution in [0.1, 0.15) is 30.5 Å². The smallest absolute Gasteiger partial charge is 0.244 e. The molecule has 1 aromatic carbocycles. The van der Waals surface area contributed by atoms with Gasteiger partial charge >= 0.3 is 0 Å². The van der Waals surface area contributed by atoms with Crippen LogP contribution in [0.5, 0.6) is 5.75 Å². The Hall–Kier alpha value is -2.75. The second kappa shape index (κ2) is 6.20. The van der Waals surface area contributed by atoms with E-state index in [9.17, 15) is 8.42 Å².